The summed E-state index contributed by atoms with van der Waals surface area (Å²) in [6, 6.07) is 9.89. The van der Waals surface area contributed by atoms with Gasteiger partial charge in [-0.05, 0) is 36.6 Å². The molecule has 388 valence electrons. The van der Waals surface area contributed by atoms with Gasteiger partial charge in [0.25, 0.3) is 0 Å². The Bertz CT molecular complexity index is 2300. The molecule has 0 spiro atoms. The molecule has 5 aromatic carbocycles. The maximum atomic E-state index is 15.4. The number of Topliss-reactive ketones (excluding diaryl/α,β-unsaturated/α-hetero) is 1. The Morgan fingerprint density at radius 1 is 0.338 bits per heavy atom. The minimum atomic E-state index is -7.22. The molecule has 1 nitrogen and oxygen atoms in total. The van der Waals surface area contributed by atoms with Gasteiger partial charge in [-0.15, -0.1) is 21.9 Å². The van der Waals surface area contributed by atoms with Gasteiger partial charge in [0.2, 0.25) is 5.78 Å². The number of hydrogen-bond acceptors (Lipinski definition) is 1. The van der Waals surface area contributed by atoms with Gasteiger partial charge in [0, 0.05) is 5.56 Å². The highest BCUT2D eigenvalue weighted by molar-refractivity contribution is 7.97. The van der Waals surface area contributed by atoms with E-state index in [0.717, 1.165) is 11.3 Å². The lowest BCUT2D eigenvalue weighted by Crippen LogP contribution is -2.81. The molecule has 0 aliphatic heterocycles. The van der Waals surface area contributed by atoms with Crippen molar-refractivity contribution in [2.45, 2.75) is 90.9 Å². The van der Waals surface area contributed by atoms with Crippen molar-refractivity contribution >= 4 is 44.7 Å². The second kappa shape index (κ2) is 25.4. The SMILES string of the molecule is CCCCCCCC[S+](CCCCCCCC)CC(=O)c1ccccc1.Fc1c(F)c(F)c([B-](c2c(F)c(F)c(F)c(F)c2F)(c2c(F)c(F)c(F)c(F)c2F)c2c(F)c(F)c(F)c(F)c2F)c(F)c1F. The van der Waals surface area contributed by atoms with Crippen LogP contribution < -0.4 is 21.9 Å². The summed E-state index contributed by atoms with van der Waals surface area (Å²) in [5.74, 6) is -67.8. The zero-order chi connectivity index (χ0) is 53.2. The third-order valence-corrected chi connectivity index (χ3v) is 14.1. The molecular weight excluding hydrogens is 1020 g/mol. The number of ketones is 1. The van der Waals surface area contributed by atoms with Crippen LogP contribution in [0.4, 0.5) is 87.8 Å². The first-order chi connectivity index (χ1) is 33.5. The lowest BCUT2D eigenvalue weighted by molar-refractivity contribution is 0.102. The summed E-state index contributed by atoms with van der Waals surface area (Å²) in [7, 11) is 0.281. The van der Waals surface area contributed by atoms with Crippen molar-refractivity contribution < 1.29 is 92.6 Å². The van der Waals surface area contributed by atoms with Crippen LogP contribution in [-0.2, 0) is 10.9 Å². The molecule has 0 amide bonds. The third-order valence-electron chi connectivity index (χ3n) is 11.7. The van der Waals surface area contributed by atoms with Crippen LogP contribution in [-0.4, -0.2) is 29.2 Å². The minimum Gasteiger partial charge on any atom is -0.289 e. The predicted octanol–water partition coefficient (Wildman–Crippen LogP) is 13.1. The smallest absolute Gasteiger partial charge is 0.211 e. The highest BCUT2D eigenvalue weighted by Gasteiger charge is 2.52. The number of rotatable bonds is 21. The fourth-order valence-corrected chi connectivity index (χ4v) is 10.4. The molecule has 23 heteroatoms. The molecule has 0 fully saturated rings. The highest BCUT2D eigenvalue weighted by atomic mass is 32.2. The van der Waals surface area contributed by atoms with Crippen molar-refractivity contribution in [3.63, 3.8) is 0 Å². The topological polar surface area (TPSA) is 17.1 Å². The van der Waals surface area contributed by atoms with Gasteiger partial charge in [-0.25, -0.2) is 87.8 Å². The maximum Gasteiger partial charge on any atom is 0.211 e. The second-order valence-electron chi connectivity index (χ2n) is 16.3. The largest absolute Gasteiger partial charge is 0.289 e. The first-order valence-corrected chi connectivity index (χ1v) is 23.7. The van der Waals surface area contributed by atoms with Gasteiger partial charge < -0.3 is 0 Å². The van der Waals surface area contributed by atoms with Crippen molar-refractivity contribution in [3.8, 4) is 0 Å². The molecule has 0 N–H and O–H groups in total. The Labute approximate surface area is 396 Å². The fourth-order valence-electron chi connectivity index (χ4n) is 8.19. The molecule has 0 saturated carbocycles. The molecule has 0 unspecified atom stereocenters. The average molecular weight is 1060 g/mol. The number of benzene rings is 5. The van der Waals surface area contributed by atoms with E-state index in [9.17, 15) is 57.5 Å². The van der Waals surface area contributed by atoms with Gasteiger partial charge in [-0.3, -0.25) is 4.79 Å². The number of halogens is 20. The van der Waals surface area contributed by atoms with Crippen LogP contribution in [0.2, 0.25) is 0 Å². The van der Waals surface area contributed by atoms with Gasteiger partial charge in [0.1, 0.15) is 64.2 Å². The van der Waals surface area contributed by atoms with Crippen LogP contribution >= 0.6 is 0 Å². The number of hydrogen-bond donors (Lipinski definition) is 0. The van der Waals surface area contributed by atoms with Gasteiger partial charge in [0.15, 0.2) is 75.6 Å². The van der Waals surface area contributed by atoms with E-state index in [0.29, 0.717) is 5.78 Å². The van der Waals surface area contributed by atoms with Crippen LogP contribution in [0.5, 0.6) is 0 Å². The normalized spacial score (nSPS) is 11.7. The van der Waals surface area contributed by atoms with E-state index in [2.05, 4.69) is 13.8 Å². The molecule has 5 aromatic rings. The maximum absolute atomic E-state index is 15.4. The van der Waals surface area contributed by atoms with Crippen molar-refractivity contribution in [2.75, 3.05) is 17.3 Å². The standard InChI is InChI=1S/C24BF20.C24H41OS/c26-5-1(6(27)14(35)21(42)13(5)34)25(2-7(28)15(36)22(43)16(37)8(2)29,3-9(30)17(38)23(44)18(39)10(3)31)4-11(32)19(40)24(45)20(41)12(4)33;1-3-5-7-9-11-16-20-26(21-17-12-10-8-6-4-2)22-24(25)23-18-14-13-15-19-23/h;13-15,18-19H,3-12,16-17,20-22H2,1-2H3/q-1;+1. The summed E-state index contributed by atoms with van der Waals surface area (Å²) < 4.78 is 294. The molecule has 71 heavy (non-hydrogen) atoms. The lowest BCUT2D eigenvalue weighted by atomic mass is 9.12. The molecule has 5 rings (SSSR count). The third kappa shape index (κ3) is 11.9. The van der Waals surface area contributed by atoms with Crippen LogP contribution in [0.1, 0.15) is 101 Å². The lowest BCUT2D eigenvalue weighted by Gasteiger charge is -2.44. The zero-order valence-electron chi connectivity index (χ0n) is 37.4. The first-order valence-electron chi connectivity index (χ1n) is 21.9. The molecule has 0 radical (unpaired) electrons. The van der Waals surface area contributed by atoms with Gasteiger partial charge >= 0.3 is 0 Å². The second-order valence-corrected chi connectivity index (χ2v) is 18.6. The molecule has 0 heterocycles. The van der Waals surface area contributed by atoms with E-state index >= 15 is 35.1 Å². The van der Waals surface area contributed by atoms with Crippen molar-refractivity contribution in [3.05, 3.63) is 152 Å². The Kier molecular flexibility index (Phi) is 20.9. The highest BCUT2D eigenvalue weighted by Crippen LogP contribution is 2.31. The summed E-state index contributed by atoms with van der Waals surface area (Å²) in [6.45, 7) is 4.54. The summed E-state index contributed by atoms with van der Waals surface area (Å²) in [5, 5.41) is 0. The van der Waals surface area contributed by atoms with E-state index in [-0.39, 0.29) is 10.9 Å². The van der Waals surface area contributed by atoms with Crippen molar-refractivity contribution in [1.82, 2.24) is 0 Å². The monoisotopic (exact) mass is 1060 g/mol. The van der Waals surface area contributed by atoms with E-state index in [1.54, 1.807) is 0 Å². The predicted molar refractivity (Wildman–Crippen MR) is 229 cm³/mol. The summed E-state index contributed by atoms with van der Waals surface area (Å²) in [4.78, 5) is 12.6. The molecular formula is C48H41BF20OS. The number of unbranched alkanes of at least 4 members (excludes halogenated alkanes) is 10. The molecule has 0 aliphatic rings. The number of carbonyl (C=O) groups is 1. The zero-order valence-corrected chi connectivity index (χ0v) is 38.3. The van der Waals surface area contributed by atoms with Crippen molar-refractivity contribution in [2.24, 2.45) is 0 Å². The van der Waals surface area contributed by atoms with E-state index in [1.165, 1.54) is 88.6 Å². The summed E-state index contributed by atoms with van der Waals surface area (Å²) in [6.07, 6.45) is 8.96. The van der Waals surface area contributed by atoms with E-state index in [1.807, 2.05) is 30.3 Å². The van der Waals surface area contributed by atoms with Crippen LogP contribution in [0, 0.1) is 116 Å². The Morgan fingerprint density at radius 3 is 0.817 bits per heavy atom. The molecule has 0 atom stereocenters. The fraction of sp³-hybridized carbons (Fsp3) is 0.354. The quantitative estimate of drug-likeness (QED) is 0.0136. The Morgan fingerprint density at radius 2 is 0.563 bits per heavy atom. The van der Waals surface area contributed by atoms with Crippen molar-refractivity contribution in [1.29, 1.82) is 0 Å². The minimum absolute atomic E-state index is 0.281. The Balaban J connectivity index is 0.000000359. The van der Waals surface area contributed by atoms with Crippen LogP contribution in [0.3, 0.4) is 0 Å². The van der Waals surface area contributed by atoms with Gasteiger partial charge in [-0.2, -0.15) is 0 Å². The summed E-state index contributed by atoms with van der Waals surface area (Å²) >= 11 is 0. The molecule has 0 saturated heterocycles. The number of carbonyl (C=O) groups excluding carboxylic acids is 1. The molecule has 0 aromatic heterocycles. The Hall–Kier alpha value is -5.22. The summed E-state index contributed by atoms with van der Waals surface area (Å²) in [5.41, 5.74) is -13.4. The van der Waals surface area contributed by atoms with Gasteiger partial charge in [-0.1, -0.05) is 95.5 Å². The van der Waals surface area contributed by atoms with E-state index in [4.69, 9.17) is 0 Å². The van der Waals surface area contributed by atoms with Gasteiger partial charge in [0.05, 0.1) is 0 Å². The van der Waals surface area contributed by atoms with E-state index < -0.39 is 144 Å². The molecule has 0 bridgehead atoms. The average Bonchev–Trinajstić information content (AvgIpc) is 3.36. The van der Waals surface area contributed by atoms with Crippen LogP contribution in [0.25, 0.3) is 0 Å². The van der Waals surface area contributed by atoms with Crippen LogP contribution in [0.15, 0.2) is 30.3 Å². The first kappa shape index (κ1) is 58.4. The molecule has 0 aliphatic carbocycles.